The van der Waals surface area contributed by atoms with Crippen LogP contribution in [-0.4, -0.2) is 36.3 Å². The Balaban J connectivity index is 1.62. The topological polar surface area (TPSA) is 71.7 Å². The standard InChI is InChI=1S/C24H28FN3O3S2/c1-3-16-28-22-20(25)10-7-11-21(22)32-24(28)26-23(29)17-12-14-19(15-13-17)33(30,31)27(2)18-8-5-4-6-9-18/h7,10-15,18H,3-6,8-9,16H2,1-2H3. The summed E-state index contributed by atoms with van der Waals surface area (Å²) in [5.74, 6) is -0.834. The number of sulfonamides is 1. The van der Waals surface area contributed by atoms with Gasteiger partial charge < -0.3 is 4.57 Å². The summed E-state index contributed by atoms with van der Waals surface area (Å²) < 4.78 is 44.4. The minimum absolute atomic E-state index is 0.0161. The van der Waals surface area contributed by atoms with Crippen molar-refractivity contribution in [1.82, 2.24) is 8.87 Å². The highest BCUT2D eigenvalue weighted by Gasteiger charge is 2.29. The van der Waals surface area contributed by atoms with Crippen LogP contribution in [0.3, 0.4) is 0 Å². The third-order valence-electron chi connectivity index (χ3n) is 6.16. The summed E-state index contributed by atoms with van der Waals surface area (Å²) in [6.45, 7) is 2.52. The summed E-state index contributed by atoms with van der Waals surface area (Å²) in [7, 11) is -2.00. The highest BCUT2D eigenvalue weighted by atomic mass is 32.2. The van der Waals surface area contributed by atoms with Crippen molar-refractivity contribution in [2.24, 2.45) is 4.99 Å². The molecule has 0 aliphatic heterocycles. The highest BCUT2D eigenvalue weighted by molar-refractivity contribution is 7.89. The highest BCUT2D eigenvalue weighted by Crippen LogP contribution is 2.27. The van der Waals surface area contributed by atoms with Gasteiger partial charge in [-0.05, 0) is 55.7 Å². The number of carbonyl (C=O) groups excluding carboxylic acids is 1. The molecule has 176 valence electrons. The van der Waals surface area contributed by atoms with Gasteiger partial charge in [-0.1, -0.05) is 43.6 Å². The lowest BCUT2D eigenvalue weighted by Crippen LogP contribution is -2.38. The molecule has 0 saturated heterocycles. The second-order valence-corrected chi connectivity index (χ2v) is 11.4. The molecule has 33 heavy (non-hydrogen) atoms. The maximum atomic E-state index is 14.4. The van der Waals surface area contributed by atoms with E-state index in [4.69, 9.17) is 0 Å². The molecule has 1 aromatic heterocycles. The molecule has 0 N–H and O–H groups in total. The Morgan fingerprint density at radius 1 is 1.15 bits per heavy atom. The van der Waals surface area contributed by atoms with Crippen LogP contribution in [0.5, 0.6) is 0 Å². The zero-order chi connectivity index (χ0) is 23.6. The molecule has 1 heterocycles. The van der Waals surface area contributed by atoms with E-state index < -0.39 is 15.9 Å². The zero-order valence-corrected chi connectivity index (χ0v) is 20.5. The first-order valence-corrected chi connectivity index (χ1v) is 13.5. The Labute approximate surface area is 197 Å². The monoisotopic (exact) mass is 489 g/mol. The Bertz CT molecular complexity index is 1320. The summed E-state index contributed by atoms with van der Waals surface area (Å²) >= 11 is 1.26. The lowest BCUT2D eigenvalue weighted by atomic mass is 9.96. The molecular weight excluding hydrogens is 461 g/mol. The molecule has 0 atom stereocenters. The number of rotatable bonds is 6. The number of halogens is 1. The molecule has 1 fully saturated rings. The minimum atomic E-state index is -3.63. The number of amides is 1. The number of carbonyl (C=O) groups is 1. The quantitative estimate of drug-likeness (QED) is 0.492. The van der Waals surface area contributed by atoms with Gasteiger partial charge in [0.2, 0.25) is 10.0 Å². The number of para-hydroxylation sites is 1. The molecule has 9 heteroatoms. The molecule has 1 aliphatic carbocycles. The van der Waals surface area contributed by atoms with Gasteiger partial charge in [-0.15, -0.1) is 0 Å². The van der Waals surface area contributed by atoms with Crippen LogP contribution in [0.25, 0.3) is 10.2 Å². The van der Waals surface area contributed by atoms with E-state index in [9.17, 15) is 17.6 Å². The molecule has 3 aromatic rings. The van der Waals surface area contributed by atoms with E-state index in [-0.39, 0.29) is 22.3 Å². The summed E-state index contributed by atoms with van der Waals surface area (Å²) in [5.41, 5.74) is 0.735. The predicted molar refractivity (Wildman–Crippen MR) is 128 cm³/mol. The molecule has 4 rings (SSSR count). The third kappa shape index (κ3) is 4.81. The third-order valence-corrected chi connectivity index (χ3v) is 9.13. The number of benzene rings is 2. The number of thiazole rings is 1. The van der Waals surface area contributed by atoms with E-state index in [0.29, 0.717) is 16.9 Å². The van der Waals surface area contributed by atoms with E-state index in [1.165, 1.54) is 46.0 Å². The van der Waals surface area contributed by atoms with E-state index in [0.717, 1.165) is 43.2 Å². The molecule has 1 saturated carbocycles. The van der Waals surface area contributed by atoms with Crippen LogP contribution >= 0.6 is 11.3 Å². The van der Waals surface area contributed by atoms with Crippen LogP contribution in [0.4, 0.5) is 4.39 Å². The lowest BCUT2D eigenvalue weighted by molar-refractivity contribution is 0.0997. The normalized spacial score (nSPS) is 16.1. The summed E-state index contributed by atoms with van der Waals surface area (Å²) in [6.07, 6.45) is 5.74. The van der Waals surface area contributed by atoms with Crippen molar-refractivity contribution in [2.75, 3.05) is 7.05 Å². The molecule has 0 radical (unpaired) electrons. The van der Waals surface area contributed by atoms with Crippen molar-refractivity contribution in [3.05, 3.63) is 58.6 Å². The van der Waals surface area contributed by atoms with Crippen molar-refractivity contribution >= 4 is 37.5 Å². The maximum absolute atomic E-state index is 14.4. The van der Waals surface area contributed by atoms with E-state index >= 15 is 0 Å². The Morgan fingerprint density at radius 3 is 2.52 bits per heavy atom. The molecular formula is C24H28FN3O3S2. The van der Waals surface area contributed by atoms with E-state index in [2.05, 4.69) is 4.99 Å². The number of fused-ring (bicyclic) bond motifs is 1. The first kappa shape index (κ1) is 23.8. The van der Waals surface area contributed by atoms with Crippen LogP contribution in [-0.2, 0) is 16.6 Å². The molecule has 0 unspecified atom stereocenters. The number of aromatic nitrogens is 1. The van der Waals surface area contributed by atoms with E-state index in [1.807, 2.05) is 6.92 Å². The van der Waals surface area contributed by atoms with Crippen LogP contribution in [0.1, 0.15) is 55.8 Å². The zero-order valence-electron chi connectivity index (χ0n) is 18.8. The van der Waals surface area contributed by atoms with Gasteiger partial charge in [-0.2, -0.15) is 9.30 Å². The second kappa shape index (κ2) is 9.87. The summed E-state index contributed by atoms with van der Waals surface area (Å²) in [5, 5.41) is 0. The first-order chi connectivity index (χ1) is 15.8. The SMILES string of the molecule is CCCn1c(=NC(=O)c2ccc(S(=O)(=O)N(C)C3CCCCC3)cc2)sc2cccc(F)c21. The van der Waals surface area contributed by atoms with Gasteiger partial charge in [0.25, 0.3) is 5.91 Å². The van der Waals surface area contributed by atoms with Crippen LogP contribution in [0, 0.1) is 5.82 Å². The summed E-state index contributed by atoms with van der Waals surface area (Å²) in [6, 6.07) is 10.8. The number of nitrogens with zero attached hydrogens (tertiary/aromatic N) is 3. The van der Waals surface area contributed by atoms with E-state index in [1.54, 1.807) is 23.7 Å². The van der Waals surface area contributed by atoms with Crippen LogP contribution < -0.4 is 4.80 Å². The van der Waals surface area contributed by atoms with Gasteiger partial charge in [0, 0.05) is 25.2 Å². The molecule has 2 aromatic carbocycles. The number of aryl methyl sites for hydroxylation is 1. The largest absolute Gasteiger partial charge is 0.314 e. The van der Waals surface area contributed by atoms with Crippen LogP contribution in [0.15, 0.2) is 52.4 Å². The van der Waals surface area contributed by atoms with Gasteiger partial charge >= 0.3 is 0 Å². The van der Waals surface area contributed by atoms with Crippen molar-refractivity contribution in [1.29, 1.82) is 0 Å². The maximum Gasteiger partial charge on any atom is 0.279 e. The molecule has 6 nitrogen and oxygen atoms in total. The fourth-order valence-corrected chi connectivity index (χ4v) is 6.82. The molecule has 0 bridgehead atoms. The van der Waals surface area contributed by atoms with Gasteiger partial charge in [0.15, 0.2) is 4.80 Å². The van der Waals surface area contributed by atoms with Crippen LogP contribution in [0.2, 0.25) is 0 Å². The van der Waals surface area contributed by atoms with Crippen molar-refractivity contribution < 1.29 is 17.6 Å². The Kier molecular flexibility index (Phi) is 7.11. The molecule has 1 amide bonds. The van der Waals surface area contributed by atoms with Gasteiger partial charge in [0.1, 0.15) is 5.82 Å². The van der Waals surface area contributed by atoms with Crippen molar-refractivity contribution in [2.45, 2.75) is 62.9 Å². The van der Waals surface area contributed by atoms with Gasteiger partial charge in [0.05, 0.1) is 15.1 Å². The average molecular weight is 490 g/mol. The first-order valence-electron chi connectivity index (χ1n) is 11.3. The average Bonchev–Trinajstić information content (AvgIpc) is 3.17. The fourth-order valence-electron chi connectivity index (χ4n) is 4.33. The van der Waals surface area contributed by atoms with Crippen molar-refractivity contribution in [3.8, 4) is 0 Å². The fraction of sp³-hybridized carbons (Fsp3) is 0.417. The number of hydrogen-bond donors (Lipinski definition) is 0. The molecule has 1 aliphatic rings. The Hall–Kier alpha value is -2.36. The predicted octanol–water partition coefficient (Wildman–Crippen LogP) is 4.95. The summed E-state index contributed by atoms with van der Waals surface area (Å²) in [4.78, 5) is 17.7. The number of hydrogen-bond acceptors (Lipinski definition) is 4. The smallest absolute Gasteiger partial charge is 0.279 e. The molecule has 0 spiro atoms. The van der Waals surface area contributed by atoms with Crippen molar-refractivity contribution in [3.63, 3.8) is 0 Å². The lowest BCUT2D eigenvalue weighted by Gasteiger charge is -2.30. The van der Waals surface area contributed by atoms with Gasteiger partial charge in [-0.25, -0.2) is 12.8 Å². The Morgan fingerprint density at radius 2 is 1.85 bits per heavy atom. The minimum Gasteiger partial charge on any atom is -0.314 e. The van der Waals surface area contributed by atoms with Gasteiger partial charge in [-0.3, -0.25) is 4.79 Å². The second-order valence-electron chi connectivity index (χ2n) is 8.38.